The lowest BCUT2D eigenvalue weighted by Crippen LogP contribution is -2.19. The van der Waals surface area contributed by atoms with E-state index < -0.39 is 11.3 Å². The van der Waals surface area contributed by atoms with E-state index in [1.807, 2.05) is 31.2 Å². The Morgan fingerprint density at radius 2 is 1.55 bits per heavy atom. The minimum Gasteiger partial charge on any atom is -0.755 e. The molecule has 0 aliphatic carbocycles. The van der Waals surface area contributed by atoms with Crippen molar-refractivity contribution in [3.05, 3.63) is 59.7 Å². The molecule has 0 saturated heterocycles. The van der Waals surface area contributed by atoms with Crippen molar-refractivity contribution >= 4 is 22.6 Å². The molecular weight excluding hydrogens is 272 g/mol. The number of hydrogen-bond donors (Lipinski definition) is 1. The SMILES string of the molecule is Cc1ccc(N(c2ccc(CCN)cc2)S(=O)[O-])cc1. The van der Waals surface area contributed by atoms with Crippen LogP contribution in [-0.4, -0.2) is 15.3 Å². The first kappa shape index (κ1) is 14.7. The molecule has 0 heterocycles. The molecule has 0 saturated carbocycles. The molecule has 20 heavy (non-hydrogen) atoms. The predicted molar refractivity (Wildman–Crippen MR) is 81.4 cm³/mol. The van der Waals surface area contributed by atoms with Crippen LogP contribution in [0.1, 0.15) is 11.1 Å². The van der Waals surface area contributed by atoms with Crippen LogP contribution in [0.3, 0.4) is 0 Å². The quantitative estimate of drug-likeness (QED) is 0.859. The molecule has 0 aromatic heterocycles. The highest BCUT2D eigenvalue weighted by Crippen LogP contribution is 2.27. The maximum atomic E-state index is 11.5. The fourth-order valence-electron chi connectivity index (χ4n) is 1.97. The highest BCUT2D eigenvalue weighted by molar-refractivity contribution is 7.81. The van der Waals surface area contributed by atoms with Crippen molar-refractivity contribution in [3.63, 3.8) is 0 Å². The van der Waals surface area contributed by atoms with Gasteiger partial charge in [-0.15, -0.1) is 0 Å². The number of aryl methyl sites for hydroxylation is 1. The van der Waals surface area contributed by atoms with E-state index in [0.717, 1.165) is 17.5 Å². The number of nitrogens with zero attached hydrogens (tertiary/aromatic N) is 1. The molecule has 1 unspecified atom stereocenters. The number of benzene rings is 2. The summed E-state index contributed by atoms with van der Waals surface area (Å²) in [6.07, 6.45) is 0.783. The Kier molecular flexibility index (Phi) is 4.89. The summed E-state index contributed by atoms with van der Waals surface area (Å²) in [5.74, 6) is 0. The van der Waals surface area contributed by atoms with Crippen molar-refractivity contribution in [2.24, 2.45) is 5.73 Å². The van der Waals surface area contributed by atoms with Gasteiger partial charge in [0.05, 0.1) is 22.6 Å². The molecule has 2 rings (SSSR count). The standard InChI is InChI=1S/C15H18N2O2S/c1-12-2-6-14(7-3-12)17(20(18)19)15-8-4-13(5-9-15)10-11-16/h2-9H,10-11,16H2,1H3,(H,18,19)/p-1. The lowest BCUT2D eigenvalue weighted by Gasteiger charge is -2.26. The Balaban J connectivity index is 2.33. The molecule has 5 heteroatoms. The van der Waals surface area contributed by atoms with Crippen molar-refractivity contribution in [1.82, 2.24) is 0 Å². The van der Waals surface area contributed by atoms with E-state index >= 15 is 0 Å². The third kappa shape index (κ3) is 3.45. The van der Waals surface area contributed by atoms with Crippen molar-refractivity contribution in [1.29, 1.82) is 0 Å². The van der Waals surface area contributed by atoms with Crippen LogP contribution < -0.4 is 10.0 Å². The maximum Gasteiger partial charge on any atom is 0.0538 e. The fourth-order valence-corrected chi connectivity index (χ4v) is 2.55. The average Bonchev–Trinajstić information content (AvgIpc) is 2.43. The van der Waals surface area contributed by atoms with Gasteiger partial charge in [-0.1, -0.05) is 29.8 Å². The molecule has 0 radical (unpaired) electrons. The first-order valence-corrected chi connectivity index (χ1v) is 7.40. The molecule has 2 aromatic carbocycles. The predicted octanol–water partition coefficient (Wildman–Crippen LogP) is 2.43. The van der Waals surface area contributed by atoms with Crippen LogP contribution in [0.25, 0.3) is 0 Å². The molecule has 0 aliphatic heterocycles. The van der Waals surface area contributed by atoms with Crippen LogP contribution in [-0.2, 0) is 17.7 Å². The molecule has 0 fully saturated rings. The number of rotatable bonds is 5. The molecule has 2 N–H and O–H groups in total. The Labute approximate surface area is 121 Å². The molecular formula is C15H17N2O2S-. The van der Waals surface area contributed by atoms with E-state index in [1.165, 1.54) is 4.31 Å². The Morgan fingerprint density at radius 1 is 1.05 bits per heavy atom. The van der Waals surface area contributed by atoms with E-state index in [0.29, 0.717) is 17.9 Å². The van der Waals surface area contributed by atoms with E-state index in [-0.39, 0.29) is 0 Å². The lowest BCUT2D eigenvalue weighted by molar-refractivity contribution is 0.537. The third-order valence-corrected chi connectivity index (χ3v) is 3.74. The summed E-state index contributed by atoms with van der Waals surface area (Å²) in [4.78, 5) is 0. The fraction of sp³-hybridized carbons (Fsp3) is 0.200. The van der Waals surface area contributed by atoms with Crippen molar-refractivity contribution < 1.29 is 8.76 Å². The summed E-state index contributed by atoms with van der Waals surface area (Å²) in [6.45, 7) is 2.54. The topological polar surface area (TPSA) is 69.4 Å². The van der Waals surface area contributed by atoms with E-state index in [9.17, 15) is 8.76 Å². The van der Waals surface area contributed by atoms with Gasteiger partial charge in [0.2, 0.25) is 0 Å². The van der Waals surface area contributed by atoms with Gasteiger partial charge in [-0.3, -0.25) is 8.51 Å². The van der Waals surface area contributed by atoms with Crippen LogP contribution in [0.2, 0.25) is 0 Å². The largest absolute Gasteiger partial charge is 0.755 e. The number of hydrogen-bond acceptors (Lipinski definition) is 3. The first-order chi connectivity index (χ1) is 9.61. The van der Waals surface area contributed by atoms with Crippen LogP contribution in [0, 0.1) is 6.92 Å². The van der Waals surface area contributed by atoms with Gasteiger partial charge >= 0.3 is 0 Å². The third-order valence-electron chi connectivity index (χ3n) is 3.02. The van der Waals surface area contributed by atoms with Crippen LogP contribution in [0.15, 0.2) is 48.5 Å². The van der Waals surface area contributed by atoms with E-state index in [1.54, 1.807) is 24.3 Å². The maximum absolute atomic E-state index is 11.5. The molecule has 4 nitrogen and oxygen atoms in total. The van der Waals surface area contributed by atoms with Gasteiger partial charge in [0, 0.05) is 0 Å². The smallest absolute Gasteiger partial charge is 0.0538 e. The second-order valence-corrected chi connectivity index (χ2v) is 5.35. The Morgan fingerprint density at radius 3 is 2.00 bits per heavy atom. The van der Waals surface area contributed by atoms with Crippen molar-refractivity contribution in [2.45, 2.75) is 13.3 Å². The summed E-state index contributed by atoms with van der Waals surface area (Å²) in [5, 5.41) is 0. The molecule has 1 atom stereocenters. The van der Waals surface area contributed by atoms with Crippen LogP contribution in [0.4, 0.5) is 11.4 Å². The zero-order valence-electron chi connectivity index (χ0n) is 11.3. The first-order valence-electron chi connectivity index (χ1n) is 6.37. The Bertz CT molecular complexity index is 582. The average molecular weight is 289 g/mol. The highest BCUT2D eigenvalue weighted by Gasteiger charge is 2.09. The van der Waals surface area contributed by atoms with Gasteiger partial charge < -0.3 is 10.3 Å². The molecule has 106 valence electrons. The second kappa shape index (κ2) is 6.65. The molecule has 0 aliphatic rings. The summed E-state index contributed by atoms with van der Waals surface area (Å²) in [7, 11) is 0. The van der Waals surface area contributed by atoms with Crippen LogP contribution in [0.5, 0.6) is 0 Å². The molecule has 0 bridgehead atoms. The molecule has 0 amide bonds. The van der Waals surface area contributed by atoms with Gasteiger partial charge in [-0.25, -0.2) is 0 Å². The molecule has 0 spiro atoms. The molecule has 2 aromatic rings. The van der Waals surface area contributed by atoms with Gasteiger partial charge in [0.15, 0.2) is 0 Å². The van der Waals surface area contributed by atoms with E-state index in [2.05, 4.69) is 0 Å². The van der Waals surface area contributed by atoms with Gasteiger partial charge in [-0.05, 0) is 49.7 Å². The van der Waals surface area contributed by atoms with Crippen molar-refractivity contribution in [3.8, 4) is 0 Å². The summed E-state index contributed by atoms with van der Waals surface area (Å²) in [5.41, 5.74) is 8.92. The lowest BCUT2D eigenvalue weighted by atomic mass is 10.1. The summed E-state index contributed by atoms with van der Waals surface area (Å²) < 4.78 is 24.3. The van der Waals surface area contributed by atoms with Gasteiger partial charge in [0.25, 0.3) is 0 Å². The zero-order valence-corrected chi connectivity index (χ0v) is 12.1. The highest BCUT2D eigenvalue weighted by atomic mass is 32.2. The summed E-state index contributed by atoms with van der Waals surface area (Å²) >= 11 is -2.36. The minimum atomic E-state index is -2.36. The summed E-state index contributed by atoms with van der Waals surface area (Å²) in [6, 6.07) is 14.7. The zero-order chi connectivity index (χ0) is 14.5. The van der Waals surface area contributed by atoms with Crippen LogP contribution >= 0.6 is 0 Å². The monoisotopic (exact) mass is 289 g/mol. The number of nitrogens with two attached hydrogens (primary N) is 1. The Hall–Kier alpha value is -1.69. The van der Waals surface area contributed by atoms with E-state index in [4.69, 9.17) is 5.73 Å². The second-order valence-electron chi connectivity index (χ2n) is 4.55. The van der Waals surface area contributed by atoms with Gasteiger partial charge in [-0.2, -0.15) is 0 Å². The van der Waals surface area contributed by atoms with Crippen molar-refractivity contribution in [2.75, 3.05) is 10.8 Å². The minimum absolute atomic E-state index is 0.578. The van der Waals surface area contributed by atoms with Gasteiger partial charge in [0.1, 0.15) is 0 Å². The normalized spacial score (nSPS) is 12.2. The number of anilines is 2.